The van der Waals surface area contributed by atoms with Crippen LogP contribution in [0.25, 0.3) is 0 Å². The number of methoxy groups -OCH3 is 1. The summed E-state index contributed by atoms with van der Waals surface area (Å²) in [6.07, 6.45) is 0. The molecule has 5 heteroatoms. The standard InChI is InChI=1S/C14H22ClN3O/c1-10-12(7-16-17-10)9-18(2)8-11-4-5-14(19-3)13(15)6-11/h4-6,10,12,16-17H,7-9H2,1-3H3. The van der Waals surface area contributed by atoms with E-state index in [1.54, 1.807) is 7.11 Å². The topological polar surface area (TPSA) is 36.5 Å². The van der Waals surface area contributed by atoms with Gasteiger partial charge in [0.15, 0.2) is 0 Å². The monoisotopic (exact) mass is 283 g/mol. The first-order valence-corrected chi connectivity index (χ1v) is 6.97. The second kappa shape index (κ2) is 6.57. The molecule has 19 heavy (non-hydrogen) atoms. The van der Waals surface area contributed by atoms with Gasteiger partial charge in [0.2, 0.25) is 0 Å². The molecule has 4 nitrogen and oxygen atoms in total. The van der Waals surface area contributed by atoms with Crippen molar-refractivity contribution in [3.05, 3.63) is 28.8 Å². The molecule has 1 aliphatic heterocycles. The quantitative estimate of drug-likeness (QED) is 0.865. The van der Waals surface area contributed by atoms with Crippen LogP contribution in [-0.2, 0) is 6.54 Å². The molecule has 2 N–H and O–H groups in total. The van der Waals surface area contributed by atoms with Crippen molar-refractivity contribution in [1.29, 1.82) is 0 Å². The molecular formula is C14H22ClN3O. The van der Waals surface area contributed by atoms with Crippen molar-refractivity contribution < 1.29 is 4.74 Å². The van der Waals surface area contributed by atoms with Gasteiger partial charge < -0.3 is 9.64 Å². The molecule has 2 atom stereocenters. The minimum atomic E-state index is 0.516. The van der Waals surface area contributed by atoms with Crippen LogP contribution in [0.3, 0.4) is 0 Å². The van der Waals surface area contributed by atoms with Gasteiger partial charge in [0, 0.05) is 31.6 Å². The Labute approximate surface area is 120 Å². The predicted octanol–water partition coefficient (Wildman–Crippen LogP) is 1.89. The third-order valence-electron chi connectivity index (χ3n) is 3.62. The van der Waals surface area contributed by atoms with Gasteiger partial charge in [0.25, 0.3) is 0 Å². The summed E-state index contributed by atoms with van der Waals surface area (Å²) in [5.74, 6) is 1.37. The highest BCUT2D eigenvalue weighted by molar-refractivity contribution is 6.32. The maximum absolute atomic E-state index is 6.14. The number of ether oxygens (including phenoxy) is 1. The number of nitrogens with zero attached hydrogens (tertiary/aromatic N) is 1. The molecule has 1 aromatic carbocycles. The molecule has 1 heterocycles. The number of hydrogen-bond donors (Lipinski definition) is 2. The van der Waals surface area contributed by atoms with Gasteiger partial charge in [0.1, 0.15) is 5.75 Å². The van der Waals surface area contributed by atoms with E-state index < -0.39 is 0 Å². The van der Waals surface area contributed by atoms with Gasteiger partial charge >= 0.3 is 0 Å². The van der Waals surface area contributed by atoms with Crippen molar-refractivity contribution >= 4 is 11.6 Å². The van der Waals surface area contributed by atoms with E-state index >= 15 is 0 Å². The van der Waals surface area contributed by atoms with Crippen molar-refractivity contribution in [2.45, 2.75) is 19.5 Å². The Balaban J connectivity index is 1.91. The van der Waals surface area contributed by atoms with Crippen LogP contribution in [0.1, 0.15) is 12.5 Å². The summed E-state index contributed by atoms with van der Waals surface area (Å²) in [7, 11) is 3.78. The Hall–Kier alpha value is -0.810. The van der Waals surface area contributed by atoms with Gasteiger partial charge in [0.05, 0.1) is 12.1 Å². The van der Waals surface area contributed by atoms with E-state index in [0.29, 0.717) is 17.0 Å². The molecule has 0 bridgehead atoms. The predicted molar refractivity (Wildman–Crippen MR) is 78.4 cm³/mol. The first-order valence-electron chi connectivity index (χ1n) is 6.59. The zero-order chi connectivity index (χ0) is 13.8. The maximum Gasteiger partial charge on any atom is 0.137 e. The lowest BCUT2D eigenvalue weighted by atomic mass is 10.0. The van der Waals surface area contributed by atoms with Crippen LogP contribution in [0, 0.1) is 5.92 Å². The SMILES string of the molecule is COc1ccc(CN(C)CC2CNNC2C)cc1Cl. The molecule has 0 radical (unpaired) electrons. The molecule has 1 aliphatic rings. The number of halogens is 1. The lowest BCUT2D eigenvalue weighted by Gasteiger charge is -2.22. The van der Waals surface area contributed by atoms with Crippen LogP contribution < -0.4 is 15.6 Å². The molecule has 0 aliphatic carbocycles. The normalized spacial score (nSPS) is 23.0. The van der Waals surface area contributed by atoms with Crippen LogP contribution in [0.5, 0.6) is 5.75 Å². The Kier molecular flexibility index (Phi) is 5.05. The smallest absolute Gasteiger partial charge is 0.137 e. The molecule has 2 rings (SSSR count). The molecule has 0 amide bonds. The lowest BCUT2D eigenvalue weighted by molar-refractivity contribution is 0.266. The minimum Gasteiger partial charge on any atom is -0.495 e. The van der Waals surface area contributed by atoms with Crippen molar-refractivity contribution in [2.24, 2.45) is 5.92 Å². The van der Waals surface area contributed by atoms with Crippen LogP contribution in [-0.4, -0.2) is 38.2 Å². The van der Waals surface area contributed by atoms with E-state index in [9.17, 15) is 0 Å². The lowest BCUT2D eigenvalue weighted by Crippen LogP contribution is -2.33. The fourth-order valence-corrected chi connectivity index (χ4v) is 2.73. The second-order valence-corrected chi connectivity index (χ2v) is 5.65. The van der Waals surface area contributed by atoms with Gasteiger partial charge in [-0.25, -0.2) is 0 Å². The molecule has 0 saturated carbocycles. The highest BCUT2D eigenvalue weighted by Gasteiger charge is 2.23. The molecule has 0 aromatic heterocycles. The first-order chi connectivity index (χ1) is 9.10. The van der Waals surface area contributed by atoms with Gasteiger partial charge in [-0.1, -0.05) is 17.7 Å². The maximum atomic E-state index is 6.14. The Morgan fingerprint density at radius 2 is 2.26 bits per heavy atom. The van der Waals surface area contributed by atoms with Crippen molar-refractivity contribution in [1.82, 2.24) is 15.8 Å². The van der Waals surface area contributed by atoms with Gasteiger partial charge in [-0.15, -0.1) is 0 Å². The summed E-state index contributed by atoms with van der Waals surface area (Å²) in [6, 6.07) is 6.48. The average molecular weight is 284 g/mol. The molecule has 1 aromatic rings. The van der Waals surface area contributed by atoms with Crippen LogP contribution in [0.15, 0.2) is 18.2 Å². The highest BCUT2D eigenvalue weighted by Crippen LogP contribution is 2.25. The molecule has 106 valence electrons. The van der Waals surface area contributed by atoms with E-state index in [4.69, 9.17) is 16.3 Å². The van der Waals surface area contributed by atoms with Gasteiger partial charge in [-0.2, -0.15) is 0 Å². The van der Waals surface area contributed by atoms with Crippen LogP contribution >= 0.6 is 11.6 Å². The number of hydrazine groups is 1. The Morgan fingerprint density at radius 3 is 2.84 bits per heavy atom. The van der Waals surface area contributed by atoms with E-state index in [1.807, 2.05) is 12.1 Å². The van der Waals surface area contributed by atoms with Crippen molar-refractivity contribution in [2.75, 3.05) is 27.2 Å². The highest BCUT2D eigenvalue weighted by atomic mass is 35.5. The summed E-state index contributed by atoms with van der Waals surface area (Å²) in [4.78, 5) is 2.33. The van der Waals surface area contributed by atoms with E-state index in [1.165, 1.54) is 5.56 Å². The zero-order valence-corrected chi connectivity index (χ0v) is 12.5. The third kappa shape index (κ3) is 3.83. The molecule has 1 saturated heterocycles. The van der Waals surface area contributed by atoms with Crippen LogP contribution in [0.4, 0.5) is 0 Å². The number of rotatable bonds is 5. The average Bonchev–Trinajstić information content (AvgIpc) is 2.75. The molecule has 0 spiro atoms. The second-order valence-electron chi connectivity index (χ2n) is 5.24. The van der Waals surface area contributed by atoms with Crippen molar-refractivity contribution in [3.63, 3.8) is 0 Å². The van der Waals surface area contributed by atoms with E-state index in [2.05, 4.69) is 35.8 Å². The number of benzene rings is 1. The Morgan fingerprint density at radius 1 is 1.47 bits per heavy atom. The fraction of sp³-hybridized carbons (Fsp3) is 0.571. The van der Waals surface area contributed by atoms with E-state index in [0.717, 1.165) is 25.4 Å². The largest absolute Gasteiger partial charge is 0.495 e. The van der Waals surface area contributed by atoms with Gasteiger partial charge in [-0.3, -0.25) is 10.9 Å². The number of hydrogen-bond acceptors (Lipinski definition) is 4. The number of nitrogens with one attached hydrogen (secondary N) is 2. The summed E-state index contributed by atoms with van der Waals surface area (Å²) in [6.45, 7) is 5.19. The van der Waals surface area contributed by atoms with Crippen molar-refractivity contribution in [3.8, 4) is 5.75 Å². The molecular weight excluding hydrogens is 262 g/mol. The van der Waals surface area contributed by atoms with E-state index in [-0.39, 0.29) is 0 Å². The third-order valence-corrected chi connectivity index (χ3v) is 3.91. The zero-order valence-electron chi connectivity index (χ0n) is 11.7. The summed E-state index contributed by atoms with van der Waals surface area (Å²) in [5, 5.41) is 0.672. The summed E-state index contributed by atoms with van der Waals surface area (Å²) in [5.41, 5.74) is 7.66. The summed E-state index contributed by atoms with van der Waals surface area (Å²) >= 11 is 6.14. The minimum absolute atomic E-state index is 0.516. The Bertz CT molecular complexity index is 427. The molecule has 1 fully saturated rings. The van der Waals surface area contributed by atoms with Gasteiger partial charge in [-0.05, 0) is 31.7 Å². The fourth-order valence-electron chi connectivity index (χ4n) is 2.45. The molecule has 2 unspecified atom stereocenters. The van der Waals surface area contributed by atoms with Crippen LogP contribution in [0.2, 0.25) is 5.02 Å². The first kappa shape index (κ1) is 14.6. The summed E-state index contributed by atoms with van der Waals surface area (Å²) < 4.78 is 5.16.